The first-order chi connectivity index (χ1) is 16.6. The Labute approximate surface area is 196 Å². The van der Waals surface area contributed by atoms with Gasteiger partial charge in [-0.05, 0) is 72.8 Å². The van der Waals surface area contributed by atoms with Gasteiger partial charge in [-0.3, -0.25) is 0 Å². The highest BCUT2D eigenvalue weighted by Gasteiger charge is 2.31. The zero-order valence-electron chi connectivity index (χ0n) is 18.2. The Morgan fingerprint density at radius 3 is 2.12 bits per heavy atom. The minimum Gasteiger partial charge on any atom is -0.487 e. The first-order valence-electron chi connectivity index (χ1n) is 10.8. The smallest absolute Gasteiger partial charge is 0.337 e. The molecule has 1 aliphatic rings. The van der Waals surface area contributed by atoms with Crippen molar-refractivity contribution in [1.29, 1.82) is 5.26 Å². The van der Waals surface area contributed by atoms with Crippen molar-refractivity contribution in [3.05, 3.63) is 102 Å². The van der Waals surface area contributed by atoms with Crippen molar-refractivity contribution in [3.8, 4) is 29.0 Å². The van der Waals surface area contributed by atoms with Crippen molar-refractivity contribution in [1.82, 2.24) is 4.57 Å². The molecule has 2 heterocycles. The summed E-state index contributed by atoms with van der Waals surface area (Å²) in [5, 5.41) is 18.6. The van der Waals surface area contributed by atoms with Crippen LogP contribution in [0.2, 0.25) is 0 Å². The van der Waals surface area contributed by atoms with E-state index in [1.165, 1.54) is 0 Å². The number of ether oxygens (including phenoxy) is 2. The number of aromatic carboxylic acids is 1. The van der Waals surface area contributed by atoms with Gasteiger partial charge in [-0.15, -0.1) is 0 Å². The predicted octanol–water partition coefficient (Wildman–Crippen LogP) is 5.11. The zero-order chi connectivity index (χ0) is 23.5. The summed E-state index contributed by atoms with van der Waals surface area (Å²) in [7, 11) is 0. The van der Waals surface area contributed by atoms with Crippen LogP contribution in [0.15, 0.2) is 91.3 Å². The number of nitriles is 1. The Morgan fingerprint density at radius 2 is 1.50 bits per heavy atom. The standard InChI is InChI=1S/C27H21N3O4/c28-16-19-6-8-20(9-7-19)33-21-10-12-22(13-11-21)34-23-17-30(18-23)25-5-3-4-24(27(31)32)26(25)29-14-1-2-15-29/h1-15,23H,17-18H2,(H,31,32). The fourth-order valence-electron chi connectivity index (χ4n) is 3.94. The molecule has 0 atom stereocenters. The van der Waals surface area contributed by atoms with Gasteiger partial charge in [0.15, 0.2) is 0 Å². The van der Waals surface area contributed by atoms with E-state index in [4.69, 9.17) is 14.7 Å². The molecule has 0 radical (unpaired) electrons. The normalized spacial score (nSPS) is 13.1. The number of hydrogen-bond acceptors (Lipinski definition) is 5. The molecule has 0 spiro atoms. The molecule has 3 aromatic carbocycles. The van der Waals surface area contributed by atoms with E-state index in [0.29, 0.717) is 35.8 Å². The quantitative estimate of drug-likeness (QED) is 0.420. The molecule has 34 heavy (non-hydrogen) atoms. The molecule has 1 fully saturated rings. The molecule has 168 valence electrons. The fourth-order valence-corrected chi connectivity index (χ4v) is 3.94. The average Bonchev–Trinajstić information content (AvgIpc) is 3.37. The Morgan fingerprint density at radius 1 is 0.882 bits per heavy atom. The van der Waals surface area contributed by atoms with Crippen LogP contribution in [0.1, 0.15) is 15.9 Å². The Bertz CT molecular complexity index is 1330. The number of nitrogens with zero attached hydrogens (tertiary/aromatic N) is 3. The molecular weight excluding hydrogens is 430 g/mol. The van der Waals surface area contributed by atoms with Gasteiger partial charge in [0.05, 0.1) is 41.7 Å². The number of benzene rings is 3. The van der Waals surface area contributed by atoms with E-state index in [1.54, 1.807) is 36.4 Å². The van der Waals surface area contributed by atoms with Gasteiger partial charge in [0.1, 0.15) is 23.4 Å². The third-order valence-corrected chi connectivity index (χ3v) is 5.64. The second-order valence-corrected chi connectivity index (χ2v) is 7.92. The van der Waals surface area contributed by atoms with Crippen molar-refractivity contribution in [2.45, 2.75) is 6.10 Å². The molecule has 7 heteroatoms. The largest absolute Gasteiger partial charge is 0.487 e. The molecular formula is C27H21N3O4. The molecule has 1 N–H and O–H groups in total. The van der Waals surface area contributed by atoms with Gasteiger partial charge in [0.25, 0.3) is 0 Å². The van der Waals surface area contributed by atoms with Crippen LogP contribution in [0.3, 0.4) is 0 Å². The van der Waals surface area contributed by atoms with Crippen molar-refractivity contribution in [3.63, 3.8) is 0 Å². The van der Waals surface area contributed by atoms with Crippen LogP contribution in [0.5, 0.6) is 17.2 Å². The Kier molecular flexibility index (Phi) is 5.63. The molecule has 4 aromatic rings. The second kappa shape index (κ2) is 9.04. The molecule has 0 aliphatic carbocycles. The third kappa shape index (κ3) is 4.30. The van der Waals surface area contributed by atoms with Gasteiger partial charge in [-0.1, -0.05) is 6.07 Å². The van der Waals surface area contributed by atoms with Gasteiger partial charge in [-0.2, -0.15) is 5.26 Å². The number of carboxylic acid groups (broad SMARTS) is 1. The highest BCUT2D eigenvalue weighted by atomic mass is 16.5. The average molecular weight is 451 g/mol. The summed E-state index contributed by atoms with van der Waals surface area (Å²) >= 11 is 0. The van der Waals surface area contributed by atoms with Crippen LogP contribution in [-0.2, 0) is 0 Å². The molecule has 7 nitrogen and oxygen atoms in total. The van der Waals surface area contributed by atoms with Crippen molar-refractivity contribution in [2.75, 3.05) is 18.0 Å². The van der Waals surface area contributed by atoms with E-state index < -0.39 is 5.97 Å². The van der Waals surface area contributed by atoms with Crippen molar-refractivity contribution >= 4 is 11.7 Å². The van der Waals surface area contributed by atoms with E-state index in [1.807, 2.05) is 59.4 Å². The van der Waals surface area contributed by atoms with E-state index >= 15 is 0 Å². The maximum atomic E-state index is 11.8. The van der Waals surface area contributed by atoms with Gasteiger partial charge < -0.3 is 24.0 Å². The van der Waals surface area contributed by atoms with Crippen LogP contribution in [0.4, 0.5) is 5.69 Å². The highest BCUT2D eigenvalue weighted by Crippen LogP contribution is 2.33. The highest BCUT2D eigenvalue weighted by molar-refractivity contribution is 5.95. The molecule has 0 saturated carbocycles. The summed E-state index contributed by atoms with van der Waals surface area (Å²) in [6, 6.07) is 25.5. The van der Waals surface area contributed by atoms with Crippen molar-refractivity contribution in [2.24, 2.45) is 0 Å². The van der Waals surface area contributed by atoms with Crippen LogP contribution in [0.25, 0.3) is 5.69 Å². The molecule has 1 saturated heterocycles. The lowest BCUT2D eigenvalue weighted by atomic mass is 10.1. The van der Waals surface area contributed by atoms with Gasteiger partial charge in [-0.25, -0.2) is 4.79 Å². The topological polar surface area (TPSA) is 87.7 Å². The maximum absolute atomic E-state index is 11.8. The summed E-state index contributed by atoms with van der Waals surface area (Å²) in [5.41, 5.74) is 2.36. The summed E-state index contributed by atoms with van der Waals surface area (Å²) in [6.45, 7) is 1.31. The van der Waals surface area contributed by atoms with E-state index in [-0.39, 0.29) is 11.7 Å². The number of carbonyl (C=O) groups is 1. The van der Waals surface area contributed by atoms with Crippen LogP contribution in [-0.4, -0.2) is 34.8 Å². The number of hydrogen-bond donors (Lipinski definition) is 1. The summed E-state index contributed by atoms with van der Waals surface area (Å²) in [6.07, 6.45) is 3.69. The molecule has 1 aromatic heterocycles. The summed E-state index contributed by atoms with van der Waals surface area (Å²) in [4.78, 5) is 13.9. The third-order valence-electron chi connectivity index (χ3n) is 5.64. The molecule has 0 unspecified atom stereocenters. The maximum Gasteiger partial charge on any atom is 0.337 e. The minimum absolute atomic E-state index is 0.00343. The monoisotopic (exact) mass is 451 g/mol. The van der Waals surface area contributed by atoms with Gasteiger partial charge in [0, 0.05) is 12.4 Å². The second-order valence-electron chi connectivity index (χ2n) is 7.92. The lowest BCUT2D eigenvalue weighted by Gasteiger charge is -2.41. The minimum atomic E-state index is -0.956. The first kappa shape index (κ1) is 21.2. The fraction of sp³-hybridized carbons (Fsp3) is 0.111. The Hall–Kier alpha value is -4.70. The SMILES string of the molecule is N#Cc1ccc(Oc2ccc(OC3CN(c4cccc(C(=O)O)c4-n4cccc4)C3)cc2)cc1. The van der Waals surface area contributed by atoms with Crippen LogP contribution >= 0.6 is 0 Å². The van der Waals surface area contributed by atoms with Crippen molar-refractivity contribution < 1.29 is 19.4 Å². The molecule has 1 aliphatic heterocycles. The molecule has 0 amide bonds. The Balaban J connectivity index is 1.23. The van der Waals surface area contributed by atoms with E-state index in [2.05, 4.69) is 11.0 Å². The lowest BCUT2D eigenvalue weighted by molar-refractivity contribution is 0.0697. The summed E-state index contributed by atoms with van der Waals surface area (Å²) < 4.78 is 13.7. The van der Waals surface area contributed by atoms with E-state index in [9.17, 15) is 9.90 Å². The molecule has 5 rings (SSSR count). The zero-order valence-corrected chi connectivity index (χ0v) is 18.2. The predicted molar refractivity (Wildman–Crippen MR) is 127 cm³/mol. The number of aromatic nitrogens is 1. The first-order valence-corrected chi connectivity index (χ1v) is 10.8. The van der Waals surface area contributed by atoms with Crippen LogP contribution in [0, 0.1) is 11.3 Å². The number of para-hydroxylation sites is 1. The number of rotatable bonds is 7. The van der Waals surface area contributed by atoms with Crippen LogP contribution < -0.4 is 14.4 Å². The van der Waals surface area contributed by atoms with Gasteiger partial charge >= 0.3 is 5.97 Å². The lowest BCUT2D eigenvalue weighted by Crippen LogP contribution is -2.54. The van der Waals surface area contributed by atoms with Gasteiger partial charge in [0.2, 0.25) is 0 Å². The summed E-state index contributed by atoms with van der Waals surface area (Å²) in [5.74, 6) is 1.11. The van der Waals surface area contributed by atoms with E-state index in [0.717, 1.165) is 11.4 Å². The number of carboxylic acids is 1. The number of anilines is 1. The molecule has 0 bridgehead atoms.